The Hall–Kier alpha value is -3.85. The van der Waals surface area contributed by atoms with E-state index in [1.54, 1.807) is 19.3 Å². The first-order chi connectivity index (χ1) is 15.2. The monoisotopic (exact) mass is 424 g/mol. The summed E-state index contributed by atoms with van der Waals surface area (Å²) in [6, 6.07) is 10.4. The zero-order valence-corrected chi connectivity index (χ0v) is 19.4. The van der Waals surface area contributed by atoms with Crippen molar-refractivity contribution < 1.29 is 0 Å². The molecule has 0 atom stereocenters. The first-order valence-electron chi connectivity index (χ1n) is 10.4. The maximum atomic E-state index is 9.46. The molecule has 0 aromatic carbocycles. The number of rotatable bonds is 6. The summed E-state index contributed by atoms with van der Waals surface area (Å²) in [5, 5.41) is 20.5. The Kier molecular flexibility index (Phi) is 6.50. The Bertz CT molecular complexity index is 1250. The van der Waals surface area contributed by atoms with Crippen LogP contribution in [-0.2, 0) is 5.41 Å². The predicted octanol–water partition coefficient (Wildman–Crippen LogP) is 5.22. The SMILES string of the molecule is CN/C=C(\C(C)=N)c1ncc(-c2cc(-c3ccnc(C(C)(C)C#N)c3)cnc2C)cc1C. The lowest BCUT2D eigenvalue weighted by Crippen LogP contribution is -2.15. The van der Waals surface area contributed by atoms with Gasteiger partial charge in [0.1, 0.15) is 0 Å². The Balaban J connectivity index is 2.07. The Labute approximate surface area is 189 Å². The van der Waals surface area contributed by atoms with Crippen LogP contribution in [0, 0.1) is 30.6 Å². The molecule has 0 aliphatic carbocycles. The molecule has 3 rings (SSSR count). The molecule has 0 aliphatic rings. The fourth-order valence-electron chi connectivity index (χ4n) is 3.49. The third-order valence-electron chi connectivity index (χ3n) is 5.44. The fourth-order valence-corrected chi connectivity index (χ4v) is 3.49. The molecule has 3 aromatic heterocycles. The summed E-state index contributed by atoms with van der Waals surface area (Å²) in [4.78, 5) is 13.7. The minimum absolute atomic E-state index is 0.455. The highest BCUT2D eigenvalue weighted by Crippen LogP contribution is 2.31. The van der Waals surface area contributed by atoms with Crippen molar-refractivity contribution in [2.24, 2.45) is 0 Å². The third-order valence-corrected chi connectivity index (χ3v) is 5.44. The van der Waals surface area contributed by atoms with Crippen molar-refractivity contribution in [2.75, 3.05) is 7.05 Å². The van der Waals surface area contributed by atoms with Crippen molar-refractivity contribution in [2.45, 2.75) is 40.0 Å². The molecule has 3 heterocycles. The molecule has 32 heavy (non-hydrogen) atoms. The van der Waals surface area contributed by atoms with Crippen molar-refractivity contribution in [1.29, 1.82) is 10.7 Å². The van der Waals surface area contributed by atoms with E-state index < -0.39 is 5.41 Å². The van der Waals surface area contributed by atoms with Crippen LogP contribution in [0.25, 0.3) is 27.8 Å². The highest BCUT2D eigenvalue weighted by Gasteiger charge is 2.22. The van der Waals surface area contributed by atoms with Gasteiger partial charge in [-0.05, 0) is 70.0 Å². The normalized spacial score (nSPS) is 11.7. The third kappa shape index (κ3) is 4.57. The molecule has 0 radical (unpaired) electrons. The number of aryl methyl sites for hydroxylation is 2. The number of nitrogens with zero attached hydrogens (tertiary/aromatic N) is 4. The number of hydrogen-bond acceptors (Lipinski definition) is 6. The molecule has 0 saturated heterocycles. The molecule has 0 saturated carbocycles. The zero-order chi connectivity index (χ0) is 23.5. The molecule has 2 N–H and O–H groups in total. The van der Waals surface area contributed by atoms with Crippen molar-refractivity contribution in [3.63, 3.8) is 0 Å². The van der Waals surface area contributed by atoms with E-state index in [9.17, 15) is 5.26 Å². The standard InChI is InChI=1S/C26H28N6/c1-16-9-21(13-32-25(16)23(14-29-6)17(2)28)22-10-20(12-31-18(22)3)19-7-8-30-24(11-19)26(4,5)15-27/h7-14,28-29H,1-6H3/b23-14+,28-17?. The molecule has 6 heteroatoms. The van der Waals surface area contributed by atoms with Crippen LogP contribution in [-0.4, -0.2) is 27.7 Å². The van der Waals surface area contributed by atoms with Gasteiger partial charge in [0.2, 0.25) is 0 Å². The number of nitrogens with one attached hydrogen (secondary N) is 2. The number of hydrogen-bond donors (Lipinski definition) is 2. The summed E-state index contributed by atoms with van der Waals surface area (Å²) in [6.45, 7) is 9.46. The number of pyridine rings is 3. The van der Waals surface area contributed by atoms with Crippen LogP contribution in [0.15, 0.2) is 49.1 Å². The van der Waals surface area contributed by atoms with E-state index in [1.807, 2.05) is 59.3 Å². The second-order valence-electron chi connectivity index (χ2n) is 8.38. The van der Waals surface area contributed by atoms with E-state index in [1.165, 1.54) is 0 Å². The van der Waals surface area contributed by atoms with Crippen LogP contribution in [0.5, 0.6) is 0 Å². The van der Waals surface area contributed by atoms with Crippen molar-refractivity contribution >= 4 is 11.3 Å². The average Bonchev–Trinajstić information content (AvgIpc) is 2.78. The molecule has 0 bridgehead atoms. The van der Waals surface area contributed by atoms with E-state index in [-0.39, 0.29) is 0 Å². The lowest BCUT2D eigenvalue weighted by molar-refractivity contribution is 0.660. The number of nitriles is 1. The van der Waals surface area contributed by atoms with Crippen LogP contribution in [0.1, 0.15) is 43.4 Å². The van der Waals surface area contributed by atoms with E-state index in [0.717, 1.165) is 50.5 Å². The smallest absolute Gasteiger partial charge is 0.0937 e. The molecule has 3 aromatic rings. The average molecular weight is 425 g/mol. The molecule has 0 fully saturated rings. The molecular weight excluding hydrogens is 396 g/mol. The topological polar surface area (TPSA) is 98.3 Å². The minimum Gasteiger partial charge on any atom is -0.393 e. The molecule has 162 valence electrons. The maximum Gasteiger partial charge on any atom is 0.0937 e. The largest absolute Gasteiger partial charge is 0.393 e. The first kappa shape index (κ1) is 22.8. The summed E-state index contributed by atoms with van der Waals surface area (Å²) in [5.74, 6) is 0. The van der Waals surface area contributed by atoms with Gasteiger partial charge < -0.3 is 10.7 Å². The van der Waals surface area contributed by atoms with Gasteiger partial charge in [-0.2, -0.15) is 5.26 Å². The van der Waals surface area contributed by atoms with Crippen LogP contribution >= 0.6 is 0 Å². The quantitative estimate of drug-likeness (QED) is 0.528. The van der Waals surface area contributed by atoms with E-state index in [2.05, 4.69) is 38.5 Å². The van der Waals surface area contributed by atoms with Crippen LogP contribution in [0.2, 0.25) is 0 Å². The summed E-state index contributed by atoms with van der Waals surface area (Å²) in [5.41, 5.74) is 7.85. The van der Waals surface area contributed by atoms with Gasteiger partial charge in [-0.15, -0.1) is 0 Å². The van der Waals surface area contributed by atoms with E-state index in [0.29, 0.717) is 5.71 Å². The maximum absolute atomic E-state index is 9.46. The predicted molar refractivity (Wildman–Crippen MR) is 129 cm³/mol. The zero-order valence-electron chi connectivity index (χ0n) is 19.4. The van der Waals surface area contributed by atoms with Gasteiger partial charge in [0, 0.05) is 65.5 Å². The van der Waals surface area contributed by atoms with Gasteiger partial charge in [-0.1, -0.05) is 0 Å². The Morgan fingerprint density at radius 1 is 1.06 bits per heavy atom. The van der Waals surface area contributed by atoms with Gasteiger partial charge in [0.15, 0.2) is 0 Å². The van der Waals surface area contributed by atoms with E-state index >= 15 is 0 Å². The molecule has 0 unspecified atom stereocenters. The summed E-state index contributed by atoms with van der Waals surface area (Å²) in [6.07, 6.45) is 7.21. The van der Waals surface area contributed by atoms with Crippen molar-refractivity contribution in [1.82, 2.24) is 20.3 Å². The van der Waals surface area contributed by atoms with Gasteiger partial charge in [-0.3, -0.25) is 15.0 Å². The fraction of sp³-hybridized carbons (Fsp3) is 0.269. The van der Waals surface area contributed by atoms with Crippen molar-refractivity contribution in [3.05, 3.63) is 71.7 Å². The number of allylic oxidation sites excluding steroid dienone is 1. The highest BCUT2D eigenvalue weighted by molar-refractivity contribution is 6.20. The lowest BCUT2D eigenvalue weighted by Gasteiger charge is -2.16. The molecule has 0 aliphatic heterocycles. The molecule has 0 spiro atoms. The van der Waals surface area contributed by atoms with Gasteiger partial charge in [-0.25, -0.2) is 0 Å². The molecular formula is C26H28N6. The molecule has 0 amide bonds. The van der Waals surface area contributed by atoms with Crippen LogP contribution < -0.4 is 5.32 Å². The van der Waals surface area contributed by atoms with E-state index in [4.69, 9.17) is 5.41 Å². The first-order valence-corrected chi connectivity index (χ1v) is 10.4. The second-order valence-corrected chi connectivity index (χ2v) is 8.38. The highest BCUT2D eigenvalue weighted by atomic mass is 14.8. The Morgan fingerprint density at radius 3 is 2.41 bits per heavy atom. The number of aromatic nitrogens is 3. The summed E-state index contributed by atoms with van der Waals surface area (Å²) >= 11 is 0. The van der Waals surface area contributed by atoms with Crippen LogP contribution in [0.3, 0.4) is 0 Å². The molecule has 6 nitrogen and oxygen atoms in total. The Morgan fingerprint density at radius 2 is 1.78 bits per heavy atom. The minimum atomic E-state index is -0.667. The van der Waals surface area contributed by atoms with Gasteiger partial charge in [0.05, 0.1) is 22.9 Å². The van der Waals surface area contributed by atoms with Gasteiger partial charge in [0.25, 0.3) is 0 Å². The van der Waals surface area contributed by atoms with Gasteiger partial charge >= 0.3 is 0 Å². The summed E-state index contributed by atoms with van der Waals surface area (Å²) in [7, 11) is 1.81. The lowest BCUT2D eigenvalue weighted by atomic mass is 9.89. The van der Waals surface area contributed by atoms with Crippen molar-refractivity contribution in [3.8, 4) is 28.3 Å². The summed E-state index contributed by atoms with van der Waals surface area (Å²) < 4.78 is 0. The second kappa shape index (κ2) is 9.11. The van der Waals surface area contributed by atoms with Crippen LogP contribution in [0.4, 0.5) is 0 Å².